The van der Waals surface area contributed by atoms with Gasteiger partial charge in [-0.2, -0.15) is 0 Å². The predicted molar refractivity (Wildman–Crippen MR) is 103 cm³/mol. The largest absolute Gasteiger partial charge is 0.463 e. The number of esters is 1. The third-order valence-electron chi connectivity index (χ3n) is 4.28. The highest BCUT2D eigenvalue weighted by Crippen LogP contribution is 2.29. The second kappa shape index (κ2) is 8.57. The number of rotatable bonds is 7. The Balaban J connectivity index is 1.89. The summed E-state index contributed by atoms with van der Waals surface area (Å²) in [7, 11) is 5.22. The molecule has 2 heterocycles. The summed E-state index contributed by atoms with van der Waals surface area (Å²) in [5.74, 6) is 1.13. The molecule has 9 heteroatoms. The fourth-order valence-corrected chi connectivity index (χ4v) is 3.36. The number of ether oxygens (including phenoxy) is 1. The van der Waals surface area contributed by atoms with E-state index >= 15 is 0 Å². The zero-order valence-corrected chi connectivity index (χ0v) is 16.9. The van der Waals surface area contributed by atoms with Crippen LogP contribution >= 0.6 is 11.8 Å². The van der Waals surface area contributed by atoms with Crippen LogP contribution in [0.4, 0.5) is 4.39 Å². The standard InChI is InChI=1S/C19H21FN4O3S/c1-12(23(2)3)17-21-22-19(24(17)14-7-5-13(20)6-8-14)28-11-15-9-10-16(27-15)18(25)26-4/h5-10,12H,11H2,1-4H3/t12-/m1/s1. The molecule has 0 spiro atoms. The monoisotopic (exact) mass is 404 g/mol. The van der Waals surface area contributed by atoms with E-state index in [4.69, 9.17) is 4.42 Å². The number of benzene rings is 1. The molecule has 0 aliphatic carbocycles. The molecule has 1 atom stereocenters. The number of methoxy groups -OCH3 is 1. The molecule has 0 N–H and O–H groups in total. The molecule has 0 bridgehead atoms. The number of carbonyl (C=O) groups is 1. The zero-order chi connectivity index (χ0) is 20.3. The maximum absolute atomic E-state index is 13.4. The van der Waals surface area contributed by atoms with Crippen LogP contribution in [-0.2, 0) is 10.5 Å². The number of aromatic nitrogens is 3. The first kappa shape index (κ1) is 20.1. The Kier molecular flexibility index (Phi) is 6.15. The van der Waals surface area contributed by atoms with Crippen LogP contribution in [0, 0.1) is 5.82 Å². The molecule has 0 amide bonds. The van der Waals surface area contributed by atoms with Gasteiger partial charge in [-0.1, -0.05) is 11.8 Å². The summed E-state index contributed by atoms with van der Waals surface area (Å²) in [4.78, 5) is 13.5. The minimum absolute atomic E-state index is 0.00134. The average Bonchev–Trinajstić information content (AvgIpc) is 3.32. The quantitative estimate of drug-likeness (QED) is 0.439. The van der Waals surface area contributed by atoms with Crippen LogP contribution in [0.1, 0.15) is 35.1 Å². The van der Waals surface area contributed by atoms with Crippen LogP contribution in [0.2, 0.25) is 0 Å². The fourth-order valence-electron chi connectivity index (χ4n) is 2.51. The Bertz CT molecular complexity index is 953. The SMILES string of the molecule is COC(=O)c1ccc(CSc2nnc([C@@H](C)N(C)C)n2-c2ccc(F)cc2)o1. The van der Waals surface area contributed by atoms with Gasteiger partial charge in [0.25, 0.3) is 0 Å². The smallest absolute Gasteiger partial charge is 0.373 e. The van der Waals surface area contributed by atoms with Gasteiger partial charge in [0.05, 0.1) is 18.9 Å². The highest BCUT2D eigenvalue weighted by atomic mass is 32.2. The Morgan fingerprint density at radius 1 is 1.25 bits per heavy atom. The summed E-state index contributed by atoms with van der Waals surface area (Å²) in [5, 5.41) is 9.31. The van der Waals surface area contributed by atoms with Crippen molar-refractivity contribution in [3.8, 4) is 5.69 Å². The number of thioether (sulfide) groups is 1. The number of furan rings is 1. The van der Waals surface area contributed by atoms with Crippen LogP contribution in [0.15, 0.2) is 46.0 Å². The molecular weight excluding hydrogens is 383 g/mol. The van der Waals surface area contributed by atoms with Gasteiger partial charge in [-0.05, 0) is 57.4 Å². The molecule has 148 valence electrons. The lowest BCUT2D eigenvalue weighted by atomic mass is 10.2. The van der Waals surface area contributed by atoms with Gasteiger partial charge >= 0.3 is 5.97 Å². The van der Waals surface area contributed by atoms with Crippen molar-refractivity contribution in [2.24, 2.45) is 0 Å². The second-order valence-corrected chi connectivity index (χ2v) is 7.28. The van der Waals surface area contributed by atoms with E-state index < -0.39 is 5.97 Å². The molecule has 1 aromatic carbocycles. The molecule has 0 fully saturated rings. The topological polar surface area (TPSA) is 73.4 Å². The van der Waals surface area contributed by atoms with Crippen molar-refractivity contribution < 1.29 is 18.3 Å². The first-order valence-electron chi connectivity index (χ1n) is 8.58. The van der Waals surface area contributed by atoms with E-state index in [0.717, 1.165) is 11.5 Å². The highest BCUT2D eigenvalue weighted by molar-refractivity contribution is 7.98. The molecule has 28 heavy (non-hydrogen) atoms. The number of halogens is 1. The zero-order valence-electron chi connectivity index (χ0n) is 16.0. The highest BCUT2D eigenvalue weighted by Gasteiger charge is 2.21. The molecule has 7 nitrogen and oxygen atoms in total. The normalized spacial score (nSPS) is 12.4. The molecule has 3 rings (SSSR count). The van der Waals surface area contributed by atoms with E-state index in [1.807, 2.05) is 30.5 Å². The summed E-state index contributed by atoms with van der Waals surface area (Å²) >= 11 is 1.41. The molecule has 0 saturated heterocycles. The maximum Gasteiger partial charge on any atom is 0.373 e. The van der Waals surface area contributed by atoms with Crippen LogP contribution in [-0.4, -0.2) is 46.8 Å². The second-order valence-electron chi connectivity index (χ2n) is 6.34. The predicted octanol–water partition coefficient (Wildman–Crippen LogP) is 3.70. The van der Waals surface area contributed by atoms with Crippen molar-refractivity contribution in [3.05, 3.63) is 59.6 Å². The molecular formula is C19H21FN4O3S. The van der Waals surface area contributed by atoms with Crippen LogP contribution in [0.3, 0.4) is 0 Å². The lowest BCUT2D eigenvalue weighted by Gasteiger charge is -2.20. The molecule has 0 aliphatic rings. The first-order valence-corrected chi connectivity index (χ1v) is 9.56. The summed E-state index contributed by atoms with van der Waals surface area (Å²) in [6, 6.07) is 9.49. The Hall–Kier alpha value is -2.65. The van der Waals surface area contributed by atoms with Crippen molar-refractivity contribution in [2.75, 3.05) is 21.2 Å². The van der Waals surface area contributed by atoms with E-state index in [0.29, 0.717) is 16.7 Å². The van der Waals surface area contributed by atoms with Gasteiger partial charge in [0.1, 0.15) is 11.6 Å². The van der Waals surface area contributed by atoms with E-state index in [2.05, 4.69) is 14.9 Å². The van der Waals surface area contributed by atoms with E-state index in [9.17, 15) is 9.18 Å². The lowest BCUT2D eigenvalue weighted by molar-refractivity contribution is 0.0563. The molecule has 3 aromatic rings. The van der Waals surface area contributed by atoms with Crippen LogP contribution < -0.4 is 0 Å². The molecule has 0 aliphatic heterocycles. The van der Waals surface area contributed by atoms with Gasteiger partial charge in [-0.3, -0.25) is 9.47 Å². The minimum Gasteiger partial charge on any atom is -0.463 e. The van der Waals surface area contributed by atoms with Gasteiger partial charge in [0.15, 0.2) is 11.0 Å². The summed E-state index contributed by atoms with van der Waals surface area (Å²) in [6.07, 6.45) is 0. The van der Waals surface area contributed by atoms with Crippen molar-refractivity contribution >= 4 is 17.7 Å². The summed E-state index contributed by atoms with van der Waals surface area (Å²) in [5.41, 5.74) is 0.771. The first-order chi connectivity index (χ1) is 13.4. The molecule has 0 radical (unpaired) electrons. The Morgan fingerprint density at radius 2 is 1.96 bits per heavy atom. The minimum atomic E-state index is -0.521. The average molecular weight is 404 g/mol. The van der Waals surface area contributed by atoms with Gasteiger partial charge in [-0.15, -0.1) is 10.2 Å². The summed E-state index contributed by atoms with van der Waals surface area (Å²) in [6.45, 7) is 2.02. The van der Waals surface area contributed by atoms with E-state index in [1.165, 1.54) is 31.0 Å². The van der Waals surface area contributed by atoms with Crippen molar-refractivity contribution in [1.29, 1.82) is 0 Å². The van der Waals surface area contributed by atoms with Crippen LogP contribution in [0.25, 0.3) is 5.69 Å². The molecule has 0 unspecified atom stereocenters. The van der Waals surface area contributed by atoms with Crippen molar-refractivity contribution in [1.82, 2.24) is 19.7 Å². The Labute approximate surface area is 166 Å². The maximum atomic E-state index is 13.4. The number of hydrogen-bond donors (Lipinski definition) is 0. The van der Waals surface area contributed by atoms with E-state index in [-0.39, 0.29) is 17.6 Å². The van der Waals surface area contributed by atoms with Gasteiger partial charge < -0.3 is 9.15 Å². The van der Waals surface area contributed by atoms with Crippen molar-refractivity contribution in [2.45, 2.75) is 23.9 Å². The molecule has 2 aromatic heterocycles. The van der Waals surface area contributed by atoms with Gasteiger partial charge in [0, 0.05) is 5.69 Å². The Morgan fingerprint density at radius 3 is 2.61 bits per heavy atom. The molecule has 0 saturated carbocycles. The fraction of sp³-hybridized carbons (Fsp3) is 0.316. The van der Waals surface area contributed by atoms with Crippen LogP contribution in [0.5, 0.6) is 0 Å². The lowest BCUT2D eigenvalue weighted by Crippen LogP contribution is -2.20. The third kappa shape index (κ3) is 4.26. The van der Waals surface area contributed by atoms with Gasteiger partial charge in [-0.25, -0.2) is 9.18 Å². The van der Waals surface area contributed by atoms with Crippen molar-refractivity contribution in [3.63, 3.8) is 0 Å². The van der Waals surface area contributed by atoms with E-state index in [1.54, 1.807) is 24.3 Å². The van der Waals surface area contributed by atoms with Gasteiger partial charge in [0.2, 0.25) is 5.76 Å². The number of hydrogen-bond acceptors (Lipinski definition) is 7. The third-order valence-corrected chi connectivity index (χ3v) is 5.23. The number of carbonyl (C=O) groups excluding carboxylic acids is 1. The number of nitrogens with zero attached hydrogens (tertiary/aromatic N) is 4. The summed E-state index contributed by atoms with van der Waals surface area (Å²) < 4.78 is 25.4.